The first kappa shape index (κ1) is 26.4. The van der Waals surface area contributed by atoms with Crippen molar-refractivity contribution in [2.45, 2.75) is 6.04 Å². The minimum atomic E-state index is -4.38. The van der Waals surface area contributed by atoms with Crippen molar-refractivity contribution in [1.29, 1.82) is 0 Å². The maximum Gasteiger partial charge on any atom is 1.00 e. The molecule has 0 aromatic carbocycles. The smallest absolute Gasteiger partial charge is 0.748 e. The minimum absolute atomic E-state index is 0. The number of likely N-dealkylation sites (N-methyl/N-ethyl adjacent to an activating group) is 1. The summed E-state index contributed by atoms with van der Waals surface area (Å²) < 4.78 is 35.5. The van der Waals surface area contributed by atoms with Gasteiger partial charge in [-0.25, -0.2) is 13.2 Å². The first-order valence-corrected chi connectivity index (χ1v) is 7.33. The predicted molar refractivity (Wildman–Crippen MR) is 75.5 cm³/mol. The van der Waals surface area contributed by atoms with Gasteiger partial charge >= 0.3 is 35.5 Å². The topological polar surface area (TPSA) is 124 Å². The number of aliphatic hydroxyl groups excluding tert-OH is 1. The Morgan fingerprint density at radius 1 is 1.32 bits per heavy atom. The van der Waals surface area contributed by atoms with Gasteiger partial charge in [0.05, 0.1) is 28.5 Å². The molecule has 1 atom stereocenters. The Morgan fingerprint density at radius 3 is 2.09 bits per heavy atom. The fraction of sp³-hybridized carbons (Fsp3) is 0.500. The van der Waals surface area contributed by atoms with Gasteiger partial charge in [0.15, 0.2) is 5.78 Å². The number of rotatable bonds is 8. The molecule has 22 heavy (non-hydrogen) atoms. The Hall–Kier alpha value is -0.550. The van der Waals surface area contributed by atoms with Crippen molar-refractivity contribution in [3.8, 4) is 0 Å². The second kappa shape index (κ2) is 14.1. The Kier molecular flexibility index (Phi) is 16.9. The van der Waals surface area contributed by atoms with E-state index in [4.69, 9.17) is 5.11 Å². The van der Waals surface area contributed by atoms with Gasteiger partial charge < -0.3 is 14.4 Å². The van der Waals surface area contributed by atoms with Crippen LogP contribution in [0.25, 0.3) is 0 Å². The number of ether oxygens (including phenoxy) is 1. The van der Waals surface area contributed by atoms with E-state index in [1.165, 1.54) is 19.0 Å². The third-order valence-corrected chi connectivity index (χ3v) is 2.74. The summed E-state index contributed by atoms with van der Waals surface area (Å²) in [5.41, 5.74) is 0. The van der Waals surface area contributed by atoms with E-state index in [1.807, 2.05) is 0 Å². The van der Waals surface area contributed by atoms with Crippen LogP contribution in [0, 0.1) is 0 Å². The van der Waals surface area contributed by atoms with Crippen LogP contribution in [0.4, 0.5) is 0 Å². The Bertz CT molecular complexity index is 462. The van der Waals surface area contributed by atoms with Crippen molar-refractivity contribution in [2.75, 3.05) is 33.1 Å². The van der Waals surface area contributed by atoms with Gasteiger partial charge in [-0.2, -0.15) is 0 Å². The molecule has 8 nitrogen and oxygen atoms in total. The summed E-state index contributed by atoms with van der Waals surface area (Å²) in [6.07, 6.45) is 2.06. The Labute approximate surface area is 152 Å². The number of carbonyl (C=O) groups is 2. The first-order valence-electron chi connectivity index (χ1n) is 5.75. The van der Waals surface area contributed by atoms with Gasteiger partial charge in [-0.15, -0.1) is 0 Å². The van der Waals surface area contributed by atoms with E-state index in [-0.39, 0.29) is 42.8 Å². The fourth-order valence-corrected chi connectivity index (χ4v) is 1.87. The molecule has 0 aromatic heterocycles. The second-order valence-corrected chi connectivity index (χ2v) is 5.35. The fourth-order valence-electron chi connectivity index (χ4n) is 1.02. The zero-order valence-electron chi connectivity index (χ0n) is 13.0. The molecule has 0 rings (SSSR count). The molecule has 0 saturated heterocycles. The first-order chi connectivity index (χ1) is 9.58. The van der Waals surface area contributed by atoms with Crippen LogP contribution in [0.2, 0.25) is 0 Å². The molecule has 1 N–H and O–H groups in total. The zero-order valence-corrected chi connectivity index (χ0v) is 15.8. The van der Waals surface area contributed by atoms with Gasteiger partial charge in [0.2, 0.25) is 0 Å². The van der Waals surface area contributed by atoms with E-state index in [0.717, 1.165) is 12.2 Å². The van der Waals surface area contributed by atoms with Gasteiger partial charge in [-0.3, -0.25) is 9.69 Å². The van der Waals surface area contributed by atoms with Crippen molar-refractivity contribution < 1.29 is 62.0 Å². The van der Waals surface area contributed by atoms with E-state index in [1.54, 1.807) is 0 Å². The van der Waals surface area contributed by atoms with Crippen LogP contribution in [0.5, 0.6) is 0 Å². The van der Waals surface area contributed by atoms with Crippen LogP contribution in [0.15, 0.2) is 25.3 Å². The zero-order chi connectivity index (χ0) is 17.1. The number of nitrogens with zero attached hydrogens (tertiary/aromatic N) is 1. The molecule has 1 unspecified atom stereocenters. The average Bonchev–Trinajstić information content (AvgIpc) is 2.40. The molecular weight excluding hydrogens is 325 g/mol. The summed E-state index contributed by atoms with van der Waals surface area (Å²) in [6, 6.07) is -0.931. The van der Waals surface area contributed by atoms with E-state index < -0.39 is 33.7 Å². The minimum Gasteiger partial charge on any atom is -0.748 e. The summed E-state index contributed by atoms with van der Waals surface area (Å²) in [4.78, 5) is 22.6. The van der Waals surface area contributed by atoms with Crippen molar-refractivity contribution in [3.63, 3.8) is 0 Å². The number of aliphatic hydroxyl groups is 1. The molecular formula is C12H20NNaO7S. The normalized spacial score (nSPS) is 11.3. The molecule has 0 aromatic rings. The van der Waals surface area contributed by atoms with Crippen molar-refractivity contribution in [3.05, 3.63) is 25.3 Å². The number of carbonyl (C=O) groups excluding carboxylic acids is 2. The molecule has 0 radical (unpaired) electrons. The summed E-state index contributed by atoms with van der Waals surface area (Å²) in [7, 11) is -1.33. The SMILES string of the molecule is C=CC(=O)C(CS(=O)(=O)[O-])N(C)C.C=CC(=O)OCCO.[Na+]. The molecule has 0 saturated carbocycles. The maximum atomic E-state index is 11.1. The monoisotopic (exact) mass is 345 g/mol. The van der Waals surface area contributed by atoms with Gasteiger partial charge in [0.25, 0.3) is 0 Å². The summed E-state index contributed by atoms with van der Waals surface area (Å²) in [6.45, 7) is 6.29. The third-order valence-electron chi connectivity index (χ3n) is 2.02. The van der Waals surface area contributed by atoms with Crippen LogP contribution in [0.3, 0.4) is 0 Å². The van der Waals surface area contributed by atoms with Gasteiger partial charge in [0.1, 0.15) is 6.61 Å². The number of hydrogen-bond donors (Lipinski definition) is 1. The largest absolute Gasteiger partial charge is 1.00 e. The van der Waals surface area contributed by atoms with E-state index in [9.17, 15) is 22.6 Å². The van der Waals surface area contributed by atoms with Crippen molar-refractivity contribution in [1.82, 2.24) is 4.90 Å². The Morgan fingerprint density at radius 2 is 1.82 bits per heavy atom. The molecule has 0 fully saturated rings. The standard InChI is InChI=1S/C7H13NO4S.C5H8O3.Na/c1-4-7(9)6(8(2)3)5-13(10,11)12;1-2-5(7)8-4-3-6;/h4,6H,1,5H2,2-3H3,(H,10,11,12);2,6H,1,3-4H2;/q;;+1/p-1. The van der Waals surface area contributed by atoms with E-state index in [0.29, 0.717) is 0 Å². The quantitative estimate of drug-likeness (QED) is 0.204. The number of hydrogen-bond acceptors (Lipinski definition) is 8. The molecule has 0 spiro atoms. The van der Waals surface area contributed by atoms with Crippen molar-refractivity contribution >= 4 is 21.9 Å². The molecule has 0 bridgehead atoms. The number of esters is 1. The molecule has 10 heteroatoms. The van der Waals surface area contributed by atoms with Crippen LogP contribution in [0.1, 0.15) is 0 Å². The van der Waals surface area contributed by atoms with Gasteiger partial charge in [-0.1, -0.05) is 13.2 Å². The second-order valence-electron chi connectivity index (χ2n) is 3.91. The maximum absolute atomic E-state index is 11.1. The van der Waals surface area contributed by atoms with Crippen LogP contribution >= 0.6 is 0 Å². The summed E-state index contributed by atoms with van der Waals surface area (Å²) in [5, 5.41) is 8.10. The van der Waals surface area contributed by atoms with Crippen LogP contribution in [-0.4, -0.2) is 73.8 Å². The molecule has 0 aliphatic carbocycles. The van der Waals surface area contributed by atoms with E-state index >= 15 is 0 Å². The van der Waals surface area contributed by atoms with Gasteiger partial charge in [0, 0.05) is 6.08 Å². The number of ketones is 1. The molecule has 0 heterocycles. The third kappa shape index (κ3) is 15.8. The van der Waals surface area contributed by atoms with Crippen LogP contribution < -0.4 is 29.6 Å². The summed E-state index contributed by atoms with van der Waals surface area (Å²) >= 11 is 0. The van der Waals surface area contributed by atoms with E-state index in [2.05, 4.69) is 17.9 Å². The van der Waals surface area contributed by atoms with Crippen molar-refractivity contribution in [2.24, 2.45) is 0 Å². The average molecular weight is 345 g/mol. The molecule has 0 aliphatic rings. The molecule has 0 aliphatic heterocycles. The summed E-state index contributed by atoms with van der Waals surface area (Å²) in [5.74, 6) is -1.69. The predicted octanol–water partition coefficient (Wildman–Crippen LogP) is -4.07. The Balaban J connectivity index is -0.000000348. The molecule has 0 amide bonds. The molecule has 122 valence electrons. The van der Waals surface area contributed by atoms with Crippen LogP contribution in [-0.2, 0) is 24.4 Å². The van der Waals surface area contributed by atoms with Gasteiger partial charge in [-0.05, 0) is 20.2 Å².